The molecule has 0 radical (unpaired) electrons. The van der Waals surface area contributed by atoms with Gasteiger partial charge in [0.1, 0.15) is 11.6 Å². The average Bonchev–Trinajstić information content (AvgIpc) is 2.37. The van der Waals surface area contributed by atoms with Gasteiger partial charge in [0, 0.05) is 4.47 Å². The van der Waals surface area contributed by atoms with Gasteiger partial charge in [-0.25, -0.2) is 4.39 Å². The summed E-state index contributed by atoms with van der Waals surface area (Å²) >= 11 is 3.45. The third kappa shape index (κ3) is 2.71. The van der Waals surface area contributed by atoms with Gasteiger partial charge in [-0.2, -0.15) is 0 Å². The third-order valence-corrected chi connectivity index (χ3v) is 3.44. The van der Waals surface area contributed by atoms with Gasteiger partial charge in [0.2, 0.25) is 0 Å². The van der Waals surface area contributed by atoms with Gasteiger partial charge in [0.15, 0.2) is 0 Å². The number of rotatable bonds is 3. The highest BCUT2D eigenvalue weighted by Gasteiger charge is 2.13. The van der Waals surface area contributed by atoms with Crippen LogP contribution in [0.25, 0.3) is 0 Å². The first-order valence-electron chi connectivity index (χ1n) is 5.46. The minimum Gasteiger partial charge on any atom is -0.497 e. The second-order valence-corrected chi connectivity index (χ2v) is 4.77. The van der Waals surface area contributed by atoms with E-state index in [1.165, 1.54) is 12.1 Å². The van der Waals surface area contributed by atoms with Crippen LogP contribution >= 0.6 is 15.9 Å². The maximum Gasteiger partial charge on any atom is 0.123 e. The Morgan fingerprint density at radius 1 is 1.22 bits per heavy atom. The highest BCUT2D eigenvalue weighted by Crippen LogP contribution is 2.30. The van der Waals surface area contributed by atoms with E-state index in [0.29, 0.717) is 0 Å². The normalized spacial score (nSPS) is 12.2. The predicted octanol–water partition coefficient (Wildman–Crippen LogP) is 3.64. The number of methoxy groups -OCH3 is 1. The SMILES string of the molecule is COc1ccc(C(N)c2cccc(F)c2)c(Br)c1. The van der Waals surface area contributed by atoms with Gasteiger partial charge in [-0.1, -0.05) is 34.1 Å². The van der Waals surface area contributed by atoms with Crippen LogP contribution in [0.5, 0.6) is 5.75 Å². The summed E-state index contributed by atoms with van der Waals surface area (Å²) in [5.74, 6) is 0.463. The van der Waals surface area contributed by atoms with Crippen LogP contribution in [0, 0.1) is 5.82 Å². The van der Waals surface area contributed by atoms with E-state index in [-0.39, 0.29) is 11.9 Å². The Morgan fingerprint density at radius 3 is 2.61 bits per heavy atom. The van der Waals surface area contributed by atoms with Gasteiger partial charge in [-0.05, 0) is 35.4 Å². The number of benzene rings is 2. The van der Waals surface area contributed by atoms with Crippen molar-refractivity contribution in [2.24, 2.45) is 5.73 Å². The molecule has 2 nitrogen and oxygen atoms in total. The monoisotopic (exact) mass is 309 g/mol. The summed E-state index contributed by atoms with van der Waals surface area (Å²) in [6, 6.07) is 11.5. The molecule has 1 atom stereocenters. The van der Waals surface area contributed by atoms with Gasteiger partial charge in [0.25, 0.3) is 0 Å². The van der Waals surface area contributed by atoms with Crippen LogP contribution in [0.1, 0.15) is 17.2 Å². The van der Waals surface area contributed by atoms with Crippen molar-refractivity contribution >= 4 is 15.9 Å². The van der Waals surface area contributed by atoms with Crippen LogP contribution in [0.2, 0.25) is 0 Å². The second kappa shape index (κ2) is 5.50. The van der Waals surface area contributed by atoms with E-state index in [4.69, 9.17) is 10.5 Å². The number of hydrogen-bond donors (Lipinski definition) is 1. The molecule has 2 rings (SSSR count). The molecule has 2 N–H and O–H groups in total. The third-order valence-electron chi connectivity index (χ3n) is 2.75. The first kappa shape index (κ1) is 13.1. The molecule has 2 aromatic rings. The van der Waals surface area contributed by atoms with Crippen molar-refractivity contribution in [3.8, 4) is 5.75 Å². The van der Waals surface area contributed by atoms with Crippen LogP contribution in [-0.4, -0.2) is 7.11 Å². The molecule has 1 unspecified atom stereocenters. The maximum atomic E-state index is 13.2. The molecular formula is C14H13BrFNO. The number of nitrogens with two attached hydrogens (primary N) is 1. The number of halogens is 2. The molecule has 0 heterocycles. The topological polar surface area (TPSA) is 35.2 Å². The molecule has 0 amide bonds. The summed E-state index contributed by atoms with van der Waals surface area (Å²) < 4.78 is 19.1. The Labute approximate surface area is 114 Å². The zero-order chi connectivity index (χ0) is 13.1. The fourth-order valence-electron chi connectivity index (χ4n) is 1.77. The van der Waals surface area contributed by atoms with Gasteiger partial charge in [0.05, 0.1) is 13.2 Å². The van der Waals surface area contributed by atoms with Crippen molar-refractivity contribution in [1.82, 2.24) is 0 Å². The van der Waals surface area contributed by atoms with Gasteiger partial charge >= 0.3 is 0 Å². The molecule has 0 aliphatic carbocycles. The second-order valence-electron chi connectivity index (χ2n) is 3.92. The molecule has 2 aromatic carbocycles. The molecule has 0 fully saturated rings. The van der Waals surface area contributed by atoms with Crippen molar-refractivity contribution in [3.05, 3.63) is 63.9 Å². The van der Waals surface area contributed by atoms with Crippen molar-refractivity contribution in [1.29, 1.82) is 0 Å². The first-order chi connectivity index (χ1) is 8.61. The Bertz CT molecular complexity index is 559. The Balaban J connectivity index is 2.37. The zero-order valence-electron chi connectivity index (χ0n) is 9.86. The lowest BCUT2D eigenvalue weighted by atomic mass is 9.99. The smallest absolute Gasteiger partial charge is 0.123 e. The Morgan fingerprint density at radius 2 is 2.00 bits per heavy atom. The van der Waals surface area contributed by atoms with E-state index >= 15 is 0 Å². The molecule has 0 saturated carbocycles. The molecule has 0 saturated heterocycles. The van der Waals surface area contributed by atoms with Crippen LogP contribution in [0.15, 0.2) is 46.9 Å². The fraction of sp³-hybridized carbons (Fsp3) is 0.143. The molecule has 0 aromatic heterocycles. The van der Waals surface area contributed by atoms with E-state index in [2.05, 4.69) is 15.9 Å². The van der Waals surface area contributed by atoms with E-state index in [1.807, 2.05) is 24.3 Å². The van der Waals surface area contributed by atoms with Crippen molar-refractivity contribution in [2.75, 3.05) is 7.11 Å². The first-order valence-corrected chi connectivity index (χ1v) is 6.25. The zero-order valence-corrected chi connectivity index (χ0v) is 11.4. The molecule has 0 bridgehead atoms. The van der Waals surface area contributed by atoms with Crippen LogP contribution in [0.4, 0.5) is 4.39 Å². The molecule has 18 heavy (non-hydrogen) atoms. The van der Waals surface area contributed by atoms with Gasteiger partial charge < -0.3 is 10.5 Å². The van der Waals surface area contributed by atoms with Gasteiger partial charge in [-0.15, -0.1) is 0 Å². The molecule has 0 aliphatic heterocycles. The highest BCUT2D eigenvalue weighted by atomic mass is 79.9. The van der Waals surface area contributed by atoms with Crippen molar-refractivity contribution in [3.63, 3.8) is 0 Å². The summed E-state index contributed by atoms with van der Waals surface area (Å²) in [5, 5.41) is 0. The van der Waals surface area contributed by atoms with E-state index in [0.717, 1.165) is 21.3 Å². The number of ether oxygens (including phenoxy) is 1. The minimum atomic E-state index is -0.374. The van der Waals surface area contributed by atoms with E-state index < -0.39 is 0 Å². The van der Waals surface area contributed by atoms with E-state index in [9.17, 15) is 4.39 Å². The van der Waals surface area contributed by atoms with Crippen LogP contribution < -0.4 is 10.5 Å². The standard InChI is InChI=1S/C14H13BrFNO/c1-18-11-5-6-12(13(15)8-11)14(17)9-3-2-4-10(16)7-9/h2-8,14H,17H2,1H3. The molecule has 94 valence electrons. The summed E-state index contributed by atoms with van der Waals surface area (Å²) in [7, 11) is 1.61. The Hall–Kier alpha value is -1.39. The summed E-state index contributed by atoms with van der Waals surface area (Å²) in [6.07, 6.45) is 0. The van der Waals surface area contributed by atoms with Crippen LogP contribution in [-0.2, 0) is 0 Å². The lowest BCUT2D eigenvalue weighted by molar-refractivity contribution is 0.414. The lowest BCUT2D eigenvalue weighted by Gasteiger charge is -2.15. The van der Waals surface area contributed by atoms with Gasteiger partial charge in [-0.3, -0.25) is 0 Å². The Kier molecular flexibility index (Phi) is 3.99. The molecule has 4 heteroatoms. The largest absolute Gasteiger partial charge is 0.497 e. The molecule has 0 aliphatic rings. The van der Waals surface area contributed by atoms with Crippen LogP contribution in [0.3, 0.4) is 0 Å². The van der Waals surface area contributed by atoms with Crippen molar-refractivity contribution in [2.45, 2.75) is 6.04 Å². The van der Waals surface area contributed by atoms with Crippen molar-refractivity contribution < 1.29 is 9.13 Å². The highest BCUT2D eigenvalue weighted by molar-refractivity contribution is 9.10. The fourth-order valence-corrected chi connectivity index (χ4v) is 2.37. The quantitative estimate of drug-likeness (QED) is 0.939. The molecule has 0 spiro atoms. The number of hydrogen-bond acceptors (Lipinski definition) is 2. The summed E-state index contributed by atoms with van der Waals surface area (Å²) in [4.78, 5) is 0. The average molecular weight is 310 g/mol. The predicted molar refractivity (Wildman–Crippen MR) is 73.1 cm³/mol. The molecular weight excluding hydrogens is 297 g/mol. The summed E-state index contributed by atoms with van der Waals surface area (Å²) in [5.41, 5.74) is 7.77. The minimum absolute atomic E-state index is 0.285. The lowest BCUT2D eigenvalue weighted by Crippen LogP contribution is -2.12. The summed E-state index contributed by atoms with van der Waals surface area (Å²) in [6.45, 7) is 0. The van der Waals surface area contributed by atoms with E-state index in [1.54, 1.807) is 13.2 Å². The maximum absolute atomic E-state index is 13.2.